The molecule has 0 bridgehead atoms. The van der Waals surface area contributed by atoms with Crippen LogP contribution in [0.15, 0.2) is 24.3 Å². The highest BCUT2D eigenvalue weighted by molar-refractivity contribution is 5.88. The Bertz CT molecular complexity index is 552. The Labute approximate surface area is 124 Å². The molecule has 0 radical (unpaired) electrons. The van der Waals surface area contributed by atoms with E-state index in [2.05, 4.69) is 5.32 Å². The molecule has 0 unspecified atom stereocenters. The van der Waals surface area contributed by atoms with E-state index in [1.165, 1.54) is 0 Å². The molecule has 2 heterocycles. The Morgan fingerprint density at radius 2 is 2.00 bits per heavy atom. The summed E-state index contributed by atoms with van der Waals surface area (Å²) in [4.78, 5) is 26.2. The predicted octanol–water partition coefficient (Wildman–Crippen LogP) is 0.425. The van der Waals surface area contributed by atoms with Crippen molar-refractivity contribution in [2.75, 3.05) is 13.1 Å². The van der Waals surface area contributed by atoms with Gasteiger partial charge in [0.05, 0.1) is 5.92 Å². The van der Waals surface area contributed by atoms with Crippen molar-refractivity contribution in [3.63, 3.8) is 0 Å². The van der Waals surface area contributed by atoms with Gasteiger partial charge in [0, 0.05) is 19.5 Å². The van der Waals surface area contributed by atoms with Gasteiger partial charge in [0.1, 0.15) is 6.04 Å². The minimum Gasteiger partial charge on any atom is -0.368 e. The number of piperidine rings is 1. The van der Waals surface area contributed by atoms with Crippen LogP contribution in [0, 0.1) is 5.92 Å². The second-order valence-corrected chi connectivity index (χ2v) is 5.90. The fraction of sp³-hybridized carbons (Fsp3) is 0.500. The first-order valence-electron chi connectivity index (χ1n) is 7.54. The molecule has 3 rings (SSSR count). The summed E-state index contributed by atoms with van der Waals surface area (Å²) in [5, 5.41) is 3.25. The van der Waals surface area contributed by atoms with Gasteiger partial charge in [0.15, 0.2) is 0 Å². The van der Waals surface area contributed by atoms with Crippen molar-refractivity contribution in [2.45, 2.75) is 31.8 Å². The van der Waals surface area contributed by atoms with Crippen LogP contribution >= 0.6 is 0 Å². The fourth-order valence-electron chi connectivity index (χ4n) is 3.31. The summed E-state index contributed by atoms with van der Waals surface area (Å²) in [6.45, 7) is 2.15. The van der Waals surface area contributed by atoms with Crippen molar-refractivity contribution in [1.82, 2.24) is 10.2 Å². The van der Waals surface area contributed by atoms with Gasteiger partial charge in [-0.05, 0) is 30.5 Å². The number of carbonyl (C=O) groups excluding carboxylic acids is 2. The smallest absolute Gasteiger partial charge is 0.240 e. The van der Waals surface area contributed by atoms with Gasteiger partial charge in [-0.1, -0.05) is 24.3 Å². The summed E-state index contributed by atoms with van der Waals surface area (Å²) in [5.41, 5.74) is 7.77. The largest absolute Gasteiger partial charge is 0.368 e. The van der Waals surface area contributed by atoms with Crippen LogP contribution in [0.1, 0.15) is 24.0 Å². The van der Waals surface area contributed by atoms with Crippen LogP contribution in [0.5, 0.6) is 0 Å². The molecule has 3 N–H and O–H groups in total. The Morgan fingerprint density at radius 1 is 1.24 bits per heavy atom. The monoisotopic (exact) mass is 287 g/mol. The quantitative estimate of drug-likeness (QED) is 0.828. The predicted molar refractivity (Wildman–Crippen MR) is 79.3 cm³/mol. The molecule has 2 aliphatic rings. The lowest BCUT2D eigenvalue weighted by molar-refractivity contribution is -0.144. The van der Waals surface area contributed by atoms with E-state index >= 15 is 0 Å². The molecular formula is C16H21N3O2. The van der Waals surface area contributed by atoms with Gasteiger partial charge >= 0.3 is 0 Å². The van der Waals surface area contributed by atoms with Gasteiger partial charge in [-0.25, -0.2) is 0 Å². The van der Waals surface area contributed by atoms with E-state index in [1.54, 1.807) is 4.90 Å². The van der Waals surface area contributed by atoms with Crippen LogP contribution in [0.2, 0.25) is 0 Å². The van der Waals surface area contributed by atoms with Crippen molar-refractivity contribution in [3.05, 3.63) is 35.4 Å². The highest BCUT2D eigenvalue weighted by atomic mass is 16.2. The fourth-order valence-corrected chi connectivity index (χ4v) is 3.31. The average molecular weight is 287 g/mol. The molecule has 1 saturated heterocycles. The van der Waals surface area contributed by atoms with Gasteiger partial charge < -0.3 is 16.0 Å². The molecular weight excluding hydrogens is 266 g/mol. The normalized spacial score (nSPS) is 25.2. The van der Waals surface area contributed by atoms with Crippen LogP contribution in [0.25, 0.3) is 0 Å². The summed E-state index contributed by atoms with van der Waals surface area (Å²) >= 11 is 0. The van der Waals surface area contributed by atoms with Crippen LogP contribution in [0.4, 0.5) is 0 Å². The molecule has 21 heavy (non-hydrogen) atoms. The summed E-state index contributed by atoms with van der Waals surface area (Å²) in [5.74, 6) is -0.395. The number of primary amides is 1. The third kappa shape index (κ3) is 2.78. The van der Waals surface area contributed by atoms with Crippen molar-refractivity contribution >= 4 is 11.8 Å². The van der Waals surface area contributed by atoms with Crippen molar-refractivity contribution in [1.29, 1.82) is 0 Å². The SMILES string of the molecule is NC(=O)[C@H]1Cc2ccccc2CN1C(=O)[C@H]1CCCNC1. The Hall–Kier alpha value is -1.88. The first kappa shape index (κ1) is 14.1. The molecule has 5 heteroatoms. The molecule has 2 aliphatic heterocycles. The summed E-state index contributed by atoms with van der Waals surface area (Å²) in [6, 6.07) is 7.43. The first-order valence-corrected chi connectivity index (χ1v) is 7.54. The van der Waals surface area contributed by atoms with Gasteiger partial charge in [-0.3, -0.25) is 9.59 Å². The second-order valence-electron chi connectivity index (χ2n) is 5.90. The molecule has 1 aromatic rings. The maximum atomic E-state index is 12.8. The van der Waals surface area contributed by atoms with Crippen LogP contribution in [-0.4, -0.2) is 35.8 Å². The molecule has 0 saturated carbocycles. The van der Waals surface area contributed by atoms with Crippen LogP contribution in [0.3, 0.4) is 0 Å². The molecule has 2 atom stereocenters. The lowest BCUT2D eigenvalue weighted by Crippen LogP contribution is -2.54. The van der Waals surface area contributed by atoms with Crippen molar-refractivity contribution < 1.29 is 9.59 Å². The Balaban J connectivity index is 1.85. The van der Waals surface area contributed by atoms with Gasteiger partial charge in [-0.15, -0.1) is 0 Å². The number of nitrogens with two attached hydrogens (primary N) is 1. The van der Waals surface area contributed by atoms with Crippen LogP contribution < -0.4 is 11.1 Å². The maximum absolute atomic E-state index is 12.8. The first-order chi connectivity index (χ1) is 10.2. The minimum atomic E-state index is -0.519. The number of nitrogens with zero attached hydrogens (tertiary/aromatic N) is 1. The van der Waals surface area contributed by atoms with E-state index in [4.69, 9.17) is 5.73 Å². The molecule has 1 aromatic carbocycles. The lowest BCUT2D eigenvalue weighted by atomic mass is 9.90. The third-order valence-corrected chi connectivity index (χ3v) is 4.51. The van der Waals surface area contributed by atoms with E-state index in [-0.39, 0.29) is 11.8 Å². The topological polar surface area (TPSA) is 75.4 Å². The third-order valence-electron chi connectivity index (χ3n) is 4.51. The standard InChI is InChI=1S/C16H21N3O2/c17-15(20)14-8-11-4-1-2-5-13(11)10-19(14)16(21)12-6-3-7-18-9-12/h1-2,4-5,12,14,18H,3,6-10H2,(H2,17,20)/t12-,14+/m0/s1. The number of hydrogen-bond donors (Lipinski definition) is 2. The number of nitrogens with one attached hydrogen (secondary N) is 1. The zero-order valence-electron chi connectivity index (χ0n) is 12.0. The van der Waals surface area contributed by atoms with E-state index < -0.39 is 11.9 Å². The van der Waals surface area contributed by atoms with Crippen molar-refractivity contribution in [3.8, 4) is 0 Å². The summed E-state index contributed by atoms with van der Waals surface area (Å²) < 4.78 is 0. The molecule has 112 valence electrons. The number of benzene rings is 1. The highest BCUT2D eigenvalue weighted by Gasteiger charge is 2.36. The Kier molecular flexibility index (Phi) is 3.92. The number of hydrogen-bond acceptors (Lipinski definition) is 3. The van der Waals surface area contributed by atoms with E-state index in [0.29, 0.717) is 19.5 Å². The minimum absolute atomic E-state index is 0.0362. The molecule has 5 nitrogen and oxygen atoms in total. The van der Waals surface area contributed by atoms with Crippen molar-refractivity contribution in [2.24, 2.45) is 11.7 Å². The van der Waals surface area contributed by atoms with E-state index in [0.717, 1.165) is 30.5 Å². The second kappa shape index (κ2) is 5.85. The molecule has 2 amide bonds. The number of rotatable bonds is 2. The van der Waals surface area contributed by atoms with E-state index in [9.17, 15) is 9.59 Å². The molecule has 0 spiro atoms. The van der Waals surface area contributed by atoms with Gasteiger partial charge in [-0.2, -0.15) is 0 Å². The van der Waals surface area contributed by atoms with Crippen LogP contribution in [-0.2, 0) is 22.6 Å². The number of carbonyl (C=O) groups is 2. The maximum Gasteiger partial charge on any atom is 0.240 e. The molecule has 0 aliphatic carbocycles. The lowest BCUT2D eigenvalue weighted by Gasteiger charge is -2.38. The molecule has 0 aromatic heterocycles. The molecule has 1 fully saturated rings. The summed E-state index contributed by atoms with van der Waals surface area (Å²) in [6.07, 6.45) is 2.41. The average Bonchev–Trinajstić information content (AvgIpc) is 2.53. The van der Waals surface area contributed by atoms with Gasteiger partial charge in [0.25, 0.3) is 0 Å². The number of amides is 2. The zero-order chi connectivity index (χ0) is 14.8. The summed E-state index contributed by atoms with van der Waals surface area (Å²) in [7, 11) is 0. The van der Waals surface area contributed by atoms with E-state index in [1.807, 2.05) is 24.3 Å². The van der Waals surface area contributed by atoms with Gasteiger partial charge in [0.2, 0.25) is 11.8 Å². The highest BCUT2D eigenvalue weighted by Crippen LogP contribution is 2.26. The number of fused-ring (bicyclic) bond motifs is 1. The Morgan fingerprint density at radius 3 is 2.67 bits per heavy atom. The zero-order valence-corrected chi connectivity index (χ0v) is 12.0.